The molecule has 0 spiro atoms. The Labute approximate surface area is 103 Å². The molecule has 0 aromatic rings. The van der Waals surface area contributed by atoms with Crippen LogP contribution in [0.3, 0.4) is 0 Å². The summed E-state index contributed by atoms with van der Waals surface area (Å²) in [5.41, 5.74) is -2.18. The standard InChI is InChI=1S/C12H23NO4/c1-6-11(4,17-5)9(14)13-12(7-2,8-3)10(15)16/h6-8H2,1-5H3,(H,13,14)(H,15,16). The predicted octanol–water partition coefficient (Wildman–Crippen LogP) is 1.56. The topological polar surface area (TPSA) is 75.6 Å². The van der Waals surface area contributed by atoms with Gasteiger partial charge in [0.05, 0.1) is 0 Å². The Morgan fingerprint density at radius 2 is 1.65 bits per heavy atom. The van der Waals surface area contributed by atoms with E-state index < -0.39 is 17.1 Å². The summed E-state index contributed by atoms with van der Waals surface area (Å²) < 4.78 is 5.16. The fourth-order valence-electron chi connectivity index (χ4n) is 1.53. The molecule has 0 rings (SSSR count). The molecule has 0 saturated carbocycles. The van der Waals surface area contributed by atoms with Gasteiger partial charge in [0.2, 0.25) is 0 Å². The molecule has 0 saturated heterocycles. The van der Waals surface area contributed by atoms with E-state index in [1.54, 1.807) is 20.8 Å². The summed E-state index contributed by atoms with van der Waals surface area (Å²) in [6.07, 6.45) is 1.17. The highest BCUT2D eigenvalue weighted by molar-refractivity contribution is 5.91. The molecule has 2 N–H and O–H groups in total. The predicted molar refractivity (Wildman–Crippen MR) is 64.8 cm³/mol. The molecule has 0 bridgehead atoms. The number of carbonyl (C=O) groups is 2. The Morgan fingerprint density at radius 1 is 1.18 bits per heavy atom. The van der Waals surface area contributed by atoms with Crippen LogP contribution in [-0.2, 0) is 14.3 Å². The first-order valence-corrected chi connectivity index (χ1v) is 5.93. The SMILES string of the molecule is CCC(CC)(NC(=O)C(C)(CC)OC)C(=O)O. The van der Waals surface area contributed by atoms with Gasteiger partial charge >= 0.3 is 5.97 Å². The number of carbonyl (C=O) groups excluding carboxylic acids is 1. The molecular weight excluding hydrogens is 222 g/mol. The van der Waals surface area contributed by atoms with Crippen LogP contribution in [0.2, 0.25) is 0 Å². The number of methoxy groups -OCH3 is 1. The van der Waals surface area contributed by atoms with Crippen LogP contribution in [0.15, 0.2) is 0 Å². The van der Waals surface area contributed by atoms with Crippen molar-refractivity contribution in [3.8, 4) is 0 Å². The minimum absolute atomic E-state index is 0.341. The van der Waals surface area contributed by atoms with Crippen LogP contribution in [0, 0.1) is 0 Å². The van der Waals surface area contributed by atoms with E-state index in [0.717, 1.165) is 0 Å². The third kappa shape index (κ3) is 3.19. The zero-order valence-electron chi connectivity index (χ0n) is 11.3. The van der Waals surface area contributed by atoms with E-state index >= 15 is 0 Å². The molecule has 0 aliphatic carbocycles. The fourth-order valence-corrected chi connectivity index (χ4v) is 1.53. The largest absolute Gasteiger partial charge is 0.480 e. The number of amides is 1. The van der Waals surface area contributed by atoms with E-state index in [4.69, 9.17) is 4.74 Å². The van der Waals surface area contributed by atoms with E-state index in [1.165, 1.54) is 7.11 Å². The van der Waals surface area contributed by atoms with E-state index in [9.17, 15) is 14.7 Å². The van der Waals surface area contributed by atoms with Crippen molar-refractivity contribution in [3.05, 3.63) is 0 Å². The maximum absolute atomic E-state index is 12.1. The molecule has 0 radical (unpaired) electrons. The lowest BCUT2D eigenvalue weighted by molar-refractivity contribution is -0.154. The first kappa shape index (κ1) is 15.9. The van der Waals surface area contributed by atoms with Crippen molar-refractivity contribution >= 4 is 11.9 Å². The van der Waals surface area contributed by atoms with Crippen molar-refractivity contribution < 1.29 is 19.4 Å². The molecule has 0 aromatic heterocycles. The van der Waals surface area contributed by atoms with E-state index in [-0.39, 0.29) is 5.91 Å². The smallest absolute Gasteiger partial charge is 0.329 e. The van der Waals surface area contributed by atoms with Crippen LogP contribution in [0.4, 0.5) is 0 Å². The number of aliphatic carboxylic acids is 1. The second-order valence-electron chi connectivity index (χ2n) is 4.34. The van der Waals surface area contributed by atoms with Crippen LogP contribution < -0.4 is 5.32 Å². The third-order valence-electron chi connectivity index (χ3n) is 3.57. The number of carboxylic acids is 1. The summed E-state index contributed by atoms with van der Waals surface area (Å²) >= 11 is 0. The maximum atomic E-state index is 12.1. The van der Waals surface area contributed by atoms with Crippen LogP contribution in [0.1, 0.15) is 47.0 Å². The average Bonchev–Trinajstić information content (AvgIpc) is 2.34. The van der Waals surface area contributed by atoms with Gasteiger partial charge in [0, 0.05) is 7.11 Å². The normalized spacial score (nSPS) is 15.1. The molecule has 5 heteroatoms. The number of rotatable bonds is 7. The minimum atomic E-state index is -1.20. The molecule has 1 unspecified atom stereocenters. The number of hydrogen-bond donors (Lipinski definition) is 2. The lowest BCUT2D eigenvalue weighted by Gasteiger charge is -2.33. The van der Waals surface area contributed by atoms with Gasteiger partial charge in [0.1, 0.15) is 11.1 Å². The van der Waals surface area contributed by atoms with E-state index in [0.29, 0.717) is 19.3 Å². The van der Waals surface area contributed by atoms with Gasteiger partial charge < -0.3 is 15.2 Å². The third-order valence-corrected chi connectivity index (χ3v) is 3.57. The second-order valence-corrected chi connectivity index (χ2v) is 4.34. The number of ether oxygens (including phenoxy) is 1. The van der Waals surface area contributed by atoms with Gasteiger partial charge in [-0.2, -0.15) is 0 Å². The van der Waals surface area contributed by atoms with Crippen LogP contribution >= 0.6 is 0 Å². The Kier molecular flexibility index (Phi) is 5.61. The first-order valence-electron chi connectivity index (χ1n) is 5.93. The summed E-state index contributed by atoms with van der Waals surface area (Å²) in [6.45, 7) is 6.96. The van der Waals surface area contributed by atoms with Crippen LogP contribution in [0.25, 0.3) is 0 Å². The van der Waals surface area contributed by atoms with Crippen molar-refractivity contribution in [2.24, 2.45) is 0 Å². The summed E-state index contributed by atoms with van der Waals surface area (Å²) in [4.78, 5) is 23.3. The summed E-state index contributed by atoms with van der Waals surface area (Å²) in [6, 6.07) is 0. The lowest BCUT2D eigenvalue weighted by atomic mass is 9.91. The molecule has 0 aliphatic heterocycles. The Morgan fingerprint density at radius 3 is 1.88 bits per heavy atom. The highest BCUT2D eigenvalue weighted by atomic mass is 16.5. The fraction of sp³-hybridized carbons (Fsp3) is 0.833. The van der Waals surface area contributed by atoms with Gasteiger partial charge in [-0.15, -0.1) is 0 Å². The van der Waals surface area contributed by atoms with Gasteiger partial charge in [-0.25, -0.2) is 4.79 Å². The molecule has 0 aliphatic rings. The summed E-state index contributed by atoms with van der Waals surface area (Å²) in [5, 5.41) is 11.8. The number of nitrogens with one attached hydrogen (secondary N) is 1. The zero-order chi connectivity index (χ0) is 13.7. The second kappa shape index (κ2) is 6.00. The summed E-state index contributed by atoms with van der Waals surface area (Å²) in [5.74, 6) is -1.39. The van der Waals surface area contributed by atoms with Gasteiger partial charge in [-0.3, -0.25) is 4.79 Å². The van der Waals surface area contributed by atoms with Crippen LogP contribution in [-0.4, -0.2) is 35.2 Å². The number of carboxylic acid groups (broad SMARTS) is 1. The molecule has 0 fully saturated rings. The average molecular weight is 245 g/mol. The molecule has 17 heavy (non-hydrogen) atoms. The molecule has 1 atom stereocenters. The van der Waals surface area contributed by atoms with E-state index in [1.807, 2.05) is 6.92 Å². The number of hydrogen-bond acceptors (Lipinski definition) is 3. The molecule has 100 valence electrons. The maximum Gasteiger partial charge on any atom is 0.329 e. The Bertz CT molecular complexity index is 280. The highest BCUT2D eigenvalue weighted by Crippen LogP contribution is 2.20. The van der Waals surface area contributed by atoms with Gasteiger partial charge in [0.15, 0.2) is 0 Å². The lowest BCUT2D eigenvalue weighted by Crippen LogP contribution is -2.59. The Balaban J connectivity index is 5.03. The molecular formula is C12H23NO4. The molecule has 5 nitrogen and oxygen atoms in total. The molecule has 1 amide bonds. The van der Waals surface area contributed by atoms with Gasteiger partial charge in [-0.05, 0) is 26.2 Å². The van der Waals surface area contributed by atoms with Crippen molar-refractivity contribution in [2.75, 3.05) is 7.11 Å². The Hall–Kier alpha value is -1.10. The van der Waals surface area contributed by atoms with Crippen molar-refractivity contribution in [3.63, 3.8) is 0 Å². The first-order chi connectivity index (χ1) is 7.81. The quantitative estimate of drug-likeness (QED) is 0.713. The highest BCUT2D eigenvalue weighted by Gasteiger charge is 2.41. The van der Waals surface area contributed by atoms with Gasteiger partial charge in [-0.1, -0.05) is 20.8 Å². The van der Waals surface area contributed by atoms with Gasteiger partial charge in [0.25, 0.3) is 5.91 Å². The van der Waals surface area contributed by atoms with Crippen molar-refractivity contribution in [1.82, 2.24) is 5.32 Å². The summed E-state index contributed by atoms with van der Waals surface area (Å²) in [7, 11) is 1.45. The molecule has 0 heterocycles. The van der Waals surface area contributed by atoms with Crippen LogP contribution in [0.5, 0.6) is 0 Å². The monoisotopic (exact) mass is 245 g/mol. The molecule has 0 aromatic carbocycles. The van der Waals surface area contributed by atoms with E-state index in [2.05, 4.69) is 5.32 Å². The van der Waals surface area contributed by atoms with Crippen molar-refractivity contribution in [1.29, 1.82) is 0 Å². The minimum Gasteiger partial charge on any atom is -0.480 e. The zero-order valence-corrected chi connectivity index (χ0v) is 11.3. The van der Waals surface area contributed by atoms with Crippen molar-refractivity contribution in [2.45, 2.75) is 58.1 Å².